The molecule has 0 aromatic carbocycles. The molecule has 0 aliphatic heterocycles. The minimum Gasteiger partial charge on any atom is -0.425 e. The quantitative estimate of drug-likeness (QED) is 0.671. The van der Waals surface area contributed by atoms with E-state index in [1.54, 1.807) is 0 Å². The molecule has 2 heterocycles. The van der Waals surface area contributed by atoms with E-state index in [9.17, 15) is 0 Å². The van der Waals surface area contributed by atoms with E-state index < -0.39 is 0 Å². The van der Waals surface area contributed by atoms with Crippen LogP contribution in [-0.2, 0) is 18.4 Å². The predicted molar refractivity (Wildman–Crippen MR) is 116 cm³/mol. The van der Waals surface area contributed by atoms with Crippen LogP contribution in [0.3, 0.4) is 0 Å². The number of nitrogens with zero attached hydrogens (tertiary/aromatic N) is 3. The van der Waals surface area contributed by atoms with Crippen LogP contribution in [0.5, 0.6) is 0 Å². The highest BCUT2D eigenvalue weighted by atomic mass is 16.4. The topological polar surface area (TPSA) is 63.8 Å². The number of pyridine rings is 1. The number of hydrogen-bond donors (Lipinski definition) is 1. The fraction of sp³-hybridized carbons (Fsp3) is 0.625. The molecule has 0 radical (unpaired) electrons. The number of rotatable bonds is 7. The summed E-state index contributed by atoms with van der Waals surface area (Å²) < 4.78 is 5.97. The van der Waals surface area contributed by atoms with Crippen LogP contribution in [0, 0.1) is 23.7 Å². The lowest BCUT2D eigenvalue weighted by atomic mass is 9.70. The molecule has 2 aromatic rings. The summed E-state index contributed by atoms with van der Waals surface area (Å²) in [5.41, 5.74) is 2.43. The van der Waals surface area contributed by atoms with Crippen LogP contribution < -0.4 is 5.32 Å². The van der Waals surface area contributed by atoms with Crippen molar-refractivity contribution in [1.82, 2.24) is 20.5 Å². The SMILES string of the molecule is CC1=C[C@@H](CNCc2ccccn2)[C@H](C(C)C)C[C@H]1Cc1nnc(C(C)(C)C)o1. The lowest BCUT2D eigenvalue weighted by molar-refractivity contribution is 0.217. The Morgan fingerprint density at radius 2 is 2.00 bits per heavy atom. The Bertz CT molecular complexity index is 804. The van der Waals surface area contributed by atoms with E-state index >= 15 is 0 Å². The fourth-order valence-corrected chi connectivity index (χ4v) is 4.23. The second-order valence-electron chi connectivity index (χ2n) is 9.82. The first-order chi connectivity index (χ1) is 13.7. The van der Waals surface area contributed by atoms with Crippen LogP contribution in [0.4, 0.5) is 0 Å². The average molecular weight is 397 g/mol. The normalized spacial score (nSPS) is 22.7. The van der Waals surface area contributed by atoms with Gasteiger partial charge in [0.05, 0.1) is 5.69 Å². The maximum absolute atomic E-state index is 5.97. The third kappa shape index (κ3) is 5.75. The van der Waals surface area contributed by atoms with Crippen LogP contribution in [0.25, 0.3) is 0 Å². The molecule has 0 saturated heterocycles. The summed E-state index contributed by atoms with van der Waals surface area (Å²) >= 11 is 0. The maximum Gasteiger partial charge on any atom is 0.221 e. The molecule has 3 atom stereocenters. The van der Waals surface area contributed by atoms with Crippen molar-refractivity contribution in [1.29, 1.82) is 0 Å². The molecule has 0 saturated carbocycles. The van der Waals surface area contributed by atoms with Crippen LogP contribution in [0.2, 0.25) is 0 Å². The van der Waals surface area contributed by atoms with Gasteiger partial charge in [-0.1, -0.05) is 52.3 Å². The largest absolute Gasteiger partial charge is 0.425 e. The third-order valence-electron chi connectivity index (χ3n) is 6.03. The maximum atomic E-state index is 5.97. The van der Waals surface area contributed by atoms with E-state index in [1.165, 1.54) is 12.0 Å². The number of hydrogen-bond acceptors (Lipinski definition) is 5. The van der Waals surface area contributed by atoms with Crippen LogP contribution in [-0.4, -0.2) is 21.7 Å². The molecular weight excluding hydrogens is 360 g/mol. The zero-order valence-electron chi connectivity index (χ0n) is 18.8. The summed E-state index contributed by atoms with van der Waals surface area (Å²) in [5.74, 6) is 3.79. The van der Waals surface area contributed by atoms with E-state index in [0.29, 0.717) is 23.7 Å². The minimum absolute atomic E-state index is 0.104. The second-order valence-corrected chi connectivity index (χ2v) is 9.82. The molecule has 0 fully saturated rings. The van der Waals surface area contributed by atoms with Gasteiger partial charge in [-0.3, -0.25) is 4.98 Å². The lowest BCUT2D eigenvalue weighted by Gasteiger charge is -2.37. The molecule has 1 aliphatic carbocycles. The van der Waals surface area contributed by atoms with Crippen LogP contribution in [0.1, 0.15) is 65.4 Å². The van der Waals surface area contributed by atoms with Gasteiger partial charge in [0.25, 0.3) is 0 Å². The van der Waals surface area contributed by atoms with Crippen LogP contribution >= 0.6 is 0 Å². The summed E-state index contributed by atoms with van der Waals surface area (Å²) in [6.07, 6.45) is 6.34. The van der Waals surface area contributed by atoms with Crippen molar-refractivity contribution >= 4 is 0 Å². The molecule has 0 spiro atoms. The second kappa shape index (κ2) is 9.21. The summed E-state index contributed by atoms with van der Waals surface area (Å²) in [7, 11) is 0. The number of allylic oxidation sites excluding steroid dienone is 1. The first-order valence-electron chi connectivity index (χ1n) is 10.9. The predicted octanol–water partition coefficient (Wildman–Crippen LogP) is 4.95. The molecule has 5 heteroatoms. The number of aromatic nitrogens is 3. The molecule has 2 aromatic heterocycles. The van der Waals surface area contributed by atoms with Gasteiger partial charge in [-0.15, -0.1) is 10.2 Å². The van der Waals surface area contributed by atoms with E-state index in [-0.39, 0.29) is 5.41 Å². The third-order valence-corrected chi connectivity index (χ3v) is 6.03. The first-order valence-corrected chi connectivity index (χ1v) is 10.9. The van der Waals surface area contributed by atoms with Crippen molar-refractivity contribution in [3.05, 3.63) is 53.5 Å². The smallest absolute Gasteiger partial charge is 0.221 e. The monoisotopic (exact) mass is 396 g/mol. The van der Waals surface area contributed by atoms with Gasteiger partial charge in [0.2, 0.25) is 11.8 Å². The number of nitrogens with one attached hydrogen (secondary N) is 1. The zero-order valence-corrected chi connectivity index (χ0v) is 18.8. The van der Waals surface area contributed by atoms with Crippen molar-refractivity contribution in [3.8, 4) is 0 Å². The highest BCUT2D eigenvalue weighted by Gasteiger charge is 2.32. The van der Waals surface area contributed by atoms with E-state index in [1.807, 2.05) is 18.3 Å². The summed E-state index contributed by atoms with van der Waals surface area (Å²) in [4.78, 5) is 4.41. The molecule has 0 unspecified atom stereocenters. The Kier molecular flexibility index (Phi) is 6.89. The van der Waals surface area contributed by atoms with Gasteiger partial charge in [-0.2, -0.15) is 0 Å². The van der Waals surface area contributed by atoms with Gasteiger partial charge in [0.15, 0.2) is 0 Å². The van der Waals surface area contributed by atoms with Crippen molar-refractivity contribution < 1.29 is 4.42 Å². The van der Waals surface area contributed by atoms with E-state index in [2.05, 4.69) is 74.2 Å². The molecule has 1 aliphatic rings. The van der Waals surface area contributed by atoms with Gasteiger partial charge in [0.1, 0.15) is 0 Å². The summed E-state index contributed by atoms with van der Waals surface area (Å²) in [6, 6.07) is 6.07. The Hall–Kier alpha value is -2.01. The Morgan fingerprint density at radius 3 is 2.62 bits per heavy atom. The van der Waals surface area contributed by atoms with Crippen molar-refractivity contribution in [2.75, 3.05) is 6.54 Å². The van der Waals surface area contributed by atoms with Gasteiger partial charge in [0, 0.05) is 31.1 Å². The Morgan fingerprint density at radius 1 is 1.21 bits per heavy atom. The average Bonchev–Trinajstić information content (AvgIpc) is 3.13. The lowest BCUT2D eigenvalue weighted by Crippen LogP contribution is -2.34. The Labute approximate surface area is 175 Å². The molecule has 1 N–H and O–H groups in total. The van der Waals surface area contributed by atoms with Crippen molar-refractivity contribution in [2.24, 2.45) is 23.7 Å². The fourth-order valence-electron chi connectivity index (χ4n) is 4.23. The van der Waals surface area contributed by atoms with Crippen molar-refractivity contribution in [3.63, 3.8) is 0 Å². The molecule has 5 nitrogen and oxygen atoms in total. The molecule has 158 valence electrons. The van der Waals surface area contributed by atoms with E-state index in [0.717, 1.165) is 37.0 Å². The summed E-state index contributed by atoms with van der Waals surface area (Å²) in [6.45, 7) is 15.1. The van der Waals surface area contributed by atoms with Gasteiger partial charge in [-0.05, 0) is 49.1 Å². The standard InChI is InChI=1S/C24H36N4O/c1-16(2)21-12-18(13-22-27-28-23(29-22)24(4,5)6)17(3)11-19(21)14-25-15-20-9-7-8-10-26-20/h7-11,16,18-19,21,25H,12-15H2,1-6H3/t18-,19-,21-/m0/s1. The highest BCUT2D eigenvalue weighted by molar-refractivity contribution is 5.14. The minimum atomic E-state index is -0.104. The molecule has 29 heavy (non-hydrogen) atoms. The van der Waals surface area contributed by atoms with Gasteiger partial charge < -0.3 is 9.73 Å². The first kappa shape index (κ1) is 21.7. The zero-order chi connectivity index (χ0) is 21.0. The summed E-state index contributed by atoms with van der Waals surface area (Å²) in [5, 5.41) is 12.2. The van der Waals surface area contributed by atoms with Gasteiger partial charge in [-0.25, -0.2) is 0 Å². The molecule has 0 amide bonds. The molecule has 3 rings (SSSR count). The molecule has 0 bridgehead atoms. The van der Waals surface area contributed by atoms with Gasteiger partial charge >= 0.3 is 0 Å². The van der Waals surface area contributed by atoms with E-state index in [4.69, 9.17) is 4.42 Å². The van der Waals surface area contributed by atoms with Crippen LogP contribution in [0.15, 0.2) is 40.5 Å². The van der Waals surface area contributed by atoms with Crippen molar-refractivity contribution in [2.45, 2.75) is 66.3 Å². The highest BCUT2D eigenvalue weighted by Crippen LogP contribution is 2.38. The molecular formula is C24H36N4O. The Balaban J connectivity index is 1.64.